The maximum Gasteiger partial charge on any atom is 0.275 e. The van der Waals surface area contributed by atoms with E-state index in [9.17, 15) is 9.18 Å². The smallest absolute Gasteiger partial charge is 0.275 e. The fraction of sp³-hybridized carbons (Fsp3) is 0.105. The van der Waals surface area contributed by atoms with Crippen molar-refractivity contribution in [3.8, 4) is 0 Å². The molecule has 3 aromatic rings. The molecule has 0 saturated heterocycles. The number of fused-ring (bicyclic) bond motifs is 1. The number of para-hydroxylation sites is 1. The van der Waals surface area contributed by atoms with Crippen molar-refractivity contribution in [2.45, 2.75) is 6.42 Å². The number of hydrogen-bond donors (Lipinski definition) is 1. The Morgan fingerprint density at radius 1 is 1.04 bits per heavy atom. The molecule has 0 unspecified atom stereocenters. The van der Waals surface area contributed by atoms with Gasteiger partial charge in [0.1, 0.15) is 11.5 Å². The Hall–Kier alpha value is -3.28. The highest BCUT2D eigenvalue weighted by atomic mass is 19.1. The molecule has 6 heteroatoms. The predicted molar refractivity (Wildman–Crippen MR) is 93.5 cm³/mol. The number of hydrogen-bond acceptors (Lipinski definition) is 4. The first-order chi connectivity index (χ1) is 12.2. The van der Waals surface area contributed by atoms with Crippen molar-refractivity contribution in [2.24, 2.45) is 0 Å². The second-order valence-electron chi connectivity index (χ2n) is 5.75. The van der Waals surface area contributed by atoms with Crippen LogP contribution in [0.5, 0.6) is 0 Å². The van der Waals surface area contributed by atoms with E-state index >= 15 is 0 Å². The second kappa shape index (κ2) is 6.32. The lowest BCUT2D eigenvalue weighted by Gasteiger charge is -2.17. The van der Waals surface area contributed by atoms with Gasteiger partial charge in [0, 0.05) is 17.9 Å². The van der Waals surface area contributed by atoms with E-state index in [-0.39, 0.29) is 17.4 Å². The highest BCUT2D eigenvalue weighted by Gasteiger charge is 2.21. The molecule has 1 N–H and O–H groups in total. The average Bonchev–Trinajstić information content (AvgIpc) is 3.08. The maximum absolute atomic E-state index is 12.9. The van der Waals surface area contributed by atoms with Crippen LogP contribution in [0, 0.1) is 5.82 Å². The Kier molecular flexibility index (Phi) is 3.85. The summed E-state index contributed by atoms with van der Waals surface area (Å²) in [6, 6.07) is 13.7. The molecule has 0 aliphatic carbocycles. The summed E-state index contributed by atoms with van der Waals surface area (Å²) in [5.74, 6) is -0.0243. The summed E-state index contributed by atoms with van der Waals surface area (Å²) in [7, 11) is 0. The molecule has 4 rings (SSSR count). The lowest BCUT2D eigenvalue weighted by molar-refractivity contribution is 0.102. The van der Waals surface area contributed by atoms with Gasteiger partial charge in [-0.05, 0) is 42.3 Å². The molecule has 0 radical (unpaired) electrons. The Morgan fingerprint density at radius 2 is 1.84 bits per heavy atom. The van der Waals surface area contributed by atoms with Crippen molar-refractivity contribution in [1.82, 2.24) is 9.97 Å². The third-order valence-electron chi connectivity index (χ3n) is 4.14. The quantitative estimate of drug-likeness (QED) is 0.796. The molecule has 0 spiro atoms. The number of halogens is 1. The van der Waals surface area contributed by atoms with Crippen molar-refractivity contribution < 1.29 is 9.18 Å². The molecule has 25 heavy (non-hydrogen) atoms. The zero-order valence-corrected chi connectivity index (χ0v) is 13.3. The molecular formula is C19H15FN4O. The lowest BCUT2D eigenvalue weighted by Crippen LogP contribution is -2.18. The van der Waals surface area contributed by atoms with Crippen LogP contribution in [0.15, 0.2) is 60.9 Å². The lowest BCUT2D eigenvalue weighted by atomic mass is 10.2. The minimum absolute atomic E-state index is 0.209. The molecule has 0 atom stereocenters. The summed E-state index contributed by atoms with van der Waals surface area (Å²) in [6.07, 6.45) is 4.02. The summed E-state index contributed by atoms with van der Waals surface area (Å²) in [6.45, 7) is 0.842. The average molecular weight is 334 g/mol. The normalized spacial score (nSPS) is 12.8. The van der Waals surface area contributed by atoms with Crippen LogP contribution in [-0.4, -0.2) is 22.4 Å². The minimum Gasteiger partial charge on any atom is -0.325 e. The number of benzene rings is 2. The van der Waals surface area contributed by atoms with Gasteiger partial charge in [0.2, 0.25) is 0 Å². The predicted octanol–water partition coefficient (Wildman–Crippen LogP) is 3.56. The Morgan fingerprint density at radius 3 is 2.60 bits per heavy atom. The molecule has 124 valence electrons. The number of nitrogens with zero attached hydrogens (tertiary/aromatic N) is 3. The zero-order valence-electron chi connectivity index (χ0n) is 13.3. The molecule has 1 aliphatic rings. The van der Waals surface area contributed by atoms with Gasteiger partial charge in [-0.2, -0.15) is 0 Å². The number of amides is 1. The van der Waals surface area contributed by atoms with Gasteiger partial charge in [-0.1, -0.05) is 18.2 Å². The summed E-state index contributed by atoms with van der Waals surface area (Å²) in [4.78, 5) is 22.9. The zero-order chi connectivity index (χ0) is 17.2. The SMILES string of the molecule is O=C(Nc1ccc(F)cc1)c1cnc(N2CCc3ccccc32)cn1. The molecule has 5 nitrogen and oxygen atoms in total. The van der Waals surface area contributed by atoms with E-state index in [0.29, 0.717) is 11.5 Å². The summed E-state index contributed by atoms with van der Waals surface area (Å²) >= 11 is 0. The van der Waals surface area contributed by atoms with Gasteiger partial charge < -0.3 is 10.2 Å². The van der Waals surface area contributed by atoms with Gasteiger partial charge in [0.15, 0.2) is 5.82 Å². The number of anilines is 3. The minimum atomic E-state index is -0.382. The van der Waals surface area contributed by atoms with Crippen molar-refractivity contribution in [2.75, 3.05) is 16.8 Å². The number of carbonyl (C=O) groups is 1. The van der Waals surface area contributed by atoms with Crippen LogP contribution in [0.2, 0.25) is 0 Å². The van der Waals surface area contributed by atoms with Crippen molar-refractivity contribution in [1.29, 1.82) is 0 Å². The fourth-order valence-corrected chi connectivity index (χ4v) is 2.88. The van der Waals surface area contributed by atoms with Gasteiger partial charge in [0.25, 0.3) is 5.91 Å². The van der Waals surface area contributed by atoms with Crippen molar-refractivity contribution in [3.05, 3.63) is 78.0 Å². The van der Waals surface area contributed by atoms with E-state index < -0.39 is 0 Å². The van der Waals surface area contributed by atoms with Gasteiger partial charge >= 0.3 is 0 Å². The van der Waals surface area contributed by atoms with Crippen LogP contribution >= 0.6 is 0 Å². The van der Waals surface area contributed by atoms with E-state index in [2.05, 4.69) is 32.3 Å². The van der Waals surface area contributed by atoms with Gasteiger partial charge in [-0.25, -0.2) is 14.4 Å². The van der Waals surface area contributed by atoms with E-state index in [0.717, 1.165) is 18.7 Å². The molecule has 1 amide bonds. The molecule has 2 heterocycles. The highest BCUT2D eigenvalue weighted by molar-refractivity contribution is 6.02. The number of rotatable bonds is 3. The van der Waals surface area contributed by atoms with E-state index in [4.69, 9.17) is 0 Å². The summed E-state index contributed by atoms with van der Waals surface area (Å²) in [5.41, 5.74) is 3.12. The van der Waals surface area contributed by atoms with Crippen LogP contribution in [0.4, 0.5) is 21.6 Å². The van der Waals surface area contributed by atoms with Gasteiger partial charge in [-0.15, -0.1) is 0 Å². The van der Waals surface area contributed by atoms with Crippen molar-refractivity contribution >= 4 is 23.1 Å². The molecule has 0 bridgehead atoms. The topological polar surface area (TPSA) is 58.1 Å². The third kappa shape index (κ3) is 3.06. The van der Waals surface area contributed by atoms with Crippen LogP contribution < -0.4 is 10.2 Å². The van der Waals surface area contributed by atoms with Crippen LogP contribution in [0.3, 0.4) is 0 Å². The molecule has 1 aromatic heterocycles. The molecule has 0 saturated carbocycles. The summed E-state index contributed by atoms with van der Waals surface area (Å²) < 4.78 is 12.9. The number of aromatic nitrogens is 2. The van der Waals surface area contributed by atoms with Gasteiger partial charge in [-0.3, -0.25) is 4.79 Å². The second-order valence-corrected chi connectivity index (χ2v) is 5.75. The fourth-order valence-electron chi connectivity index (χ4n) is 2.88. The van der Waals surface area contributed by atoms with Crippen LogP contribution in [-0.2, 0) is 6.42 Å². The first kappa shape index (κ1) is 15.3. The van der Waals surface area contributed by atoms with Crippen molar-refractivity contribution in [3.63, 3.8) is 0 Å². The monoisotopic (exact) mass is 334 g/mol. The Bertz CT molecular complexity index is 909. The molecule has 0 fully saturated rings. The largest absolute Gasteiger partial charge is 0.325 e. The van der Waals surface area contributed by atoms with E-state index in [1.807, 2.05) is 12.1 Å². The van der Waals surface area contributed by atoms with Crippen LogP contribution in [0.1, 0.15) is 16.1 Å². The van der Waals surface area contributed by atoms with Gasteiger partial charge in [0.05, 0.1) is 12.4 Å². The summed E-state index contributed by atoms with van der Waals surface area (Å²) in [5, 5.41) is 2.67. The Labute approximate surface area is 144 Å². The number of carbonyl (C=O) groups excluding carboxylic acids is 1. The molecular weight excluding hydrogens is 319 g/mol. The standard InChI is InChI=1S/C19H15FN4O/c20-14-5-7-15(8-6-14)23-19(25)16-11-22-18(12-21-16)24-10-9-13-3-1-2-4-17(13)24/h1-8,11-12H,9-10H2,(H,23,25). The van der Waals surface area contributed by atoms with E-state index in [1.165, 1.54) is 36.0 Å². The first-order valence-electron chi connectivity index (χ1n) is 7.95. The third-order valence-corrected chi connectivity index (χ3v) is 4.14. The van der Waals surface area contributed by atoms with Crippen LogP contribution in [0.25, 0.3) is 0 Å². The first-order valence-corrected chi connectivity index (χ1v) is 7.95. The molecule has 2 aromatic carbocycles. The van der Waals surface area contributed by atoms with E-state index in [1.54, 1.807) is 6.20 Å². The maximum atomic E-state index is 12.9. The highest BCUT2D eigenvalue weighted by Crippen LogP contribution is 2.32. The number of nitrogens with one attached hydrogen (secondary N) is 1. The molecule has 1 aliphatic heterocycles. The Balaban J connectivity index is 1.50.